The lowest BCUT2D eigenvalue weighted by atomic mass is 10.1. The highest BCUT2D eigenvalue weighted by atomic mass is 32.2. The standard InChI is InChI=1S/C20H19NO3S/c1-2-14-8-10-16(11-9-14)21-19(23)17(15-6-4-3-5-7-15)18(20(21)24)25-13-12-22/h3-11,22H,2,12-13H2,1H3. The van der Waals surface area contributed by atoms with Gasteiger partial charge in [-0.3, -0.25) is 9.59 Å². The number of aliphatic hydroxyl groups is 1. The highest BCUT2D eigenvalue weighted by Gasteiger charge is 2.39. The maximum absolute atomic E-state index is 13.0. The molecule has 2 aromatic carbocycles. The van der Waals surface area contributed by atoms with Gasteiger partial charge in [0.1, 0.15) is 0 Å². The number of thioether (sulfide) groups is 1. The SMILES string of the molecule is CCc1ccc(N2C(=O)C(SCCO)=C(c3ccccc3)C2=O)cc1. The third-order valence-corrected chi connectivity index (χ3v) is 5.10. The number of nitrogens with zero attached hydrogens (tertiary/aromatic N) is 1. The highest BCUT2D eigenvalue weighted by Crippen LogP contribution is 2.38. The van der Waals surface area contributed by atoms with Crippen molar-refractivity contribution in [2.45, 2.75) is 13.3 Å². The van der Waals surface area contributed by atoms with Gasteiger partial charge in [-0.25, -0.2) is 4.90 Å². The lowest BCUT2D eigenvalue weighted by Gasteiger charge is -2.15. The molecular weight excluding hydrogens is 334 g/mol. The molecule has 0 spiro atoms. The van der Waals surface area contributed by atoms with Crippen LogP contribution in [0.15, 0.2) is 59.5 Å². The fraction of sp³-hybridized carbons (Fsp3) is 0.200. The van der Waals surface area contributed by atoms with Crippen LogP contribution in [0, 0.1) is 0 Å². The Hall–Kier alpha value is -2.37. The van der Waals surface area contributed by atoms with E-state index in [0.29, 0.717) is 27.5 Å². The molecule has 0 saturated carbocycles. The zero-order chi connectivity index (χ0) is 17.8. The molecule has 0 saturated heterocycles. The van der Waals surface area contributed by atoms with Crippen LogP contribution < -0.4 is 4.90 Å². The number of aryl methyl sites for hydroxylation is 1. The number of imide groups is 1. The minimum atomic E-state index is -0.327. The first-order valence-electron chi connectivity index (χ1n) is 8.18. The Labute approximate surface area is 151 Å². The fourth-order valence-corrected chi connectivity index (χ4v) is 3.63. The van der Waals surface area contributed by atoms with E-state index in [1.807, 2.05) is 42.5 Å². The summed E-state index contributed by atoms with van der Waals surface area (Å²) >= 11 is 1.22. The van der Waals surface area contributed by atoms with Crippen LogP contribution in [0.25, 0.3) is 5.57 Å². The van der Waals surface area contributed by atoms with E-state index in [-0.39, 0.29) is 18.4 Å². The van der Waals surface area contributed by atoms with Crippen molar-refractivity contribution >= 4 is 34.8 Å². The average molecular weight is 353 g/mol. The maximum atomic E-state index is 13.0. The van der Waals surface area contributed by atoms with Crippen molar-refractivity contribution in [2.75, 3.05) is 17.3 Å². The van der Waals surface area contributed by atoms with Gasteiger partial charge in [0, 0.05) is 5.75 Å². The fourth-order valence-electron chi connectivity index (χ4n) is 2.77. The van der Waals surface area contributed by atoms with Gasteiger partial charge in [-0.2, -0.15) is 0 Å². The Bertz CT molecular complexity index is 813. The van der Waals surface area contributed by atoms with Gasteiger partial charge in [0.15, 0.2) is 0 Å². The van der Waals surface area contributed by atoms with Crippen LogP contribution in [0.4, 0.5) is 5.69 Å². The van der Waals surface area contributed by atoms with Crippen molar-refractivity contribution in [1.82, 2.24) is 0 Å². The van der Waals surface area contributed by atoms with E-state index in [1.54, 1.807) is 12.1 Å². The summed E-state index contributed by atoms with van der Waals surface area (Å²) < 4.78 is 0. The molecule has 1 heterocycles. The maximum Gasteiger partial charge on any atom is 0.272 e. The van der Waals surface area contributed by atoms with E-state index < -0.39 is 0 Å². The molecule has 0 bridgehead atoms. The molecule has 128 valence electrons. The monoisotopic (exact) mass is 353 g/mol. The van der Waals surface area contributed by atoms with Crippen molar-refractivity contribution in [3.8, 4) is 0 Å². The molecule has 1 aliphatic heterocycles. The predicted octanol–water partition coefficient (Wildman–Crippen LogP) is 3.26. The van der Waals surface area contributed by atoms with E-state index in [1.165, 1.54) is 16.7 Å². The topological polar surface area (TPSA) is 57.6 Å². The van der Waals surface area contributed by atoms with Crippen LogP contribution in [-0.4, -0.2) is 29.3 Å². The summed E-state index contributed by atoms with van der Waals surface area (Å²) in [6.45, 7) is 2.00. The number of hydrogen-bond acceptors (Lipinski definition) is 4. The molecule has 3 rings (SSSR count). The van der Waals surface area contributed by atoms with Crippen LogP contribution >= 0.6 is 11.8 Å². The molecule has 1 aliphatic rings. The summed E-state index contributed by atoms with van der Waals surface area (Å²) in [6.07, 6.45) is 0.896. The van der Waals surface area contributed by atoms with Crippen LogP contribution in [0.3, 0.4) is 0 Å². The number of hydrogen-bond donors (Lipinski definition) is 1. The van der Waals surface area contributed by atoms with Crippen LogP contribution in [0.5, 0.6) is 0 Å². The molecule has 0 unspecified atom stereocenters. The minimum Gasteiger partial charge on any atom is -0.396 e. The normalized spacial score (nSPS) is 14.6. The summed E-state index contributed by atoms with van der Waals surface area (Å²) in [4.78, 5) is 27.5. The molecule has 1 N–H and O–H groups in total. The molecule has 0 radical (unpaired) electrons. The highest BCUT2D eigenvalue weighted by molar-refractivity contribution is 8.04. The van der Waals surface area contributed by atoms with Gasteiger partial charge in [0.25, 0.3) is 11.8 Å². The molecule has 0 aromatic heterocycles. The van der Waals surface area contributed by atoms with Gasteiger partial charge in [0.05, 0.1) is 22.8 Å². The predicted molar refractivity (Wildman–Crippen MR) is 101 cm³/mol. The minimum absolute atomic E-state index is 0.0527. The molecular formula is C20H19NO3S. The first kappa shape index (κ1) is 17.5. The number of carbonyl (C=O) groups excluding carboxylic acids is 2. The van der Waals surface area contributed by atoms with E-state index in [0.717, 1.165) is 12.0 Å². The molecule has 0 fully saturated rings. The second-order valence-corrected chi connectivity index (χ2v) is 6.71. The lowest BCUT2D eigenvalue weighted by Crippen LogP contribution is -2.31. The van der Waals surface area contributed by atoms with Crippen molar-refractivity contribution in [2.24, 2.45) is 0 Å². The first-order chi connectivity index (χ1) is 12.2. The van der Waals surface area contributed by atoms with E-state index in [9.17, 15) is 9.59 Å². The summed E-state index contributed by atoms with van der Waals surface area (Å²) in [6, 6.07) is 16.7. The molecule has 5 heteroatoms. The van der Waals surface area contributed by atoms with Gasteiger partial charge in [-0.15, -0.1) is 11.8 Å². The summed E-state index contributed by atoms with van der Waals surface area (Å²) in [5.74, 6) is -0.278. The van der Waals surface area contributed by atoms with Crippen LogP contribution in [-0.2, 0) is 16.0 Å². The van der Waals surface area contributed by atoms with E-state index >= 15 is 0 Å². The molecule has 4 nitrogen and oxygen atoms in total. The second-order valence-electron chi connectivity index (χ2n) is 5.61. The Kier molecular flexibility index (Phi) is 5.36. The van der Waals surface area contributed by atoms with Crippen LogP contribution in [0.2, 0.25) is 0 Å². The Balaban J connectivity index is 2.02. The summed E-state index contributed by atoms with van der Waals surface area (Å²) in [5, 5.41) is 9.12. The third-order valence-electron chi connectivity index (χ3n) is 4.04. The second kappa shape index (κ2) is 7.68. The third kappa shape index (κ3) is 3.38. The van der Waals surface area contributed by atoms with Gasteiger partial charge >= 0.3 is 0 Å². The Morgan fingerprint density at radius 3 is 2.24 bits per heavy atom. The van der Waals surface area contributed by atoms with Crippen LogP contribution in [0.1, 0.15) is 18.1 Å². The largest absolute Gasteiger partial charge is 0.396 e. The van der Waals surface area contributed by atoms with Crippen molar-refractivity contribution < 1.29 is 14.7 Å². The number of benzene rings is 2. The smallest absolute Gasteiger partial charge is 0.272 e. The number of anilines is 1. The van der Waals surface area contributed by atoms with Crippen molar-refractivity contribution in [3.05, 3.63) is 70.6 Å². The summed E-state index contributed by atoms with van der Waals surface area (Å²) in [7, 11) is 0. The average Bonchev–Trinajstić information content (AvgIpc) is 2.90. The first-order valence-corrected chi connectivity index (χ1v) is 9.17. The Morgan fingerprint density at radius 2 is 1.64 bits per heavy atom. The van der Waals surface area contributed by atoms with E-state index in [2.05, 4.69) is 6.92 Å². The molecule has 0 aliphatic carbocycles. The molecule has 25 heavy (non-hydrogen) atoms. The summed E-state index contributed by atoms with van der Waals surface area (Å²) in [5.41, 5.74) is 2.84. The quantitative estimate of drug-likeness (QED) is 0.810. The Morgan fingerprint density at radius 1 is 0.960 bits per heavy atom. The van der Waals surface area contributed by atoms with Crippen molar-refractivity contribution in [3.63, 3.8) is 0 Å². The number of rotatable bonds is 6. The van der Waals surface area contributed by atoms with E-state index in [4.69, 9.17) is 5.11 Å². The van der Waals surface area contributed by atoms with Crippen molar-refractivity contribution in [1.29, 1.82) is 0 Å². The molecule has 2 aromatic rings. The van der Waals surface area contributed by atoms with Gasteiger partial charge in [0.2, 0.25) is 0 Å². The zero-order valence-corrected chi connectivity index (χ0v) is 14.8. The zero-order valence-electron chi connectivity index (χ0n) is 13.9. The van der Waals surface area contributed by atoms with Gasteiger partial charge < -0.3 is 5.11 Å². The number of amides is 2. The number of aliphatic hydroxyl groups excluding tert-OH is 1. The molecule has 0 atom stereocenters. The van der Waals surface area contributed by atoms with Gasteiger partial charge in [-0.05, 0) is 29.7 Å². The molecule has 2 amide bonds. The lowest BCUT2D eigenvalue weighted by molar-refractivity contribution is -0.119. The number of carbonyl (C=O) groups is 2. The van der Waals surface area contributed by atoms with Gasteiger partial charge in [-0.1, -0.05) is 49.4 Å².